The largest absolute Gasteiger partial charge is 0.497 e. The van der Waals surface area contributed by atoms with Crippen LogP contribution in [0.1, 0.15) is 18.3 Å². The van der Waals surface area contributed by atoms with Crippen LogP contribution in [-0.2, 0) is 12.8 Å². The fourth-order valence-corrected chi connectivity index (χ4v) is 2.06. The minimum Gasteiger partial charge on any atom is -0.497 e. The number of methoxy groups -OCH3 is 1. The highest BCUT2D eigenvalue weighted by Crippen LogP contribution is 2.12. The van der Waals surface area contributed by atoms with Gasteiger partial charge in [0.25, 0.3) is 0 Å². The summed E-state index contributed by atoms with van der Waals surface area (Å²) in [6.07, 6.45) is 5.59. The van der Waals surface area contributed by atoms with E-state index in [1.165, 1.54) is 5.56 Å². The van der Waals surface area contributed by atoms with Gasteiger partial charge in [-0.1, -0.05) is 12.1 Å². The zero-order valence-corrected chi connectivity index (χ0v) is 11.5. The molecular weight excluding hydrogens is 238 g/mol. The second-order valence-corrected chi connectivity index (χ2v) is 4.69. The van der Waals surface area contributed by atoms with E-state index in [0.717, 1.165) is 31.0 Å². The van der Waals surface area contributed by atoms with Crippen molar-refractivity contribution in [3.05, 3.63) is 48.0 Å². The average Bonchev–Trinajstić information content (AvgIpc) is 2.93. The van der Waals surface area contributed by atoms with Gasteiger partial charge in [-0.2, -0.15) is 0 Å². The Morgan fingerprint density at radius 3 is 2.74 bits per heavy atom. The summed E-state index contributed by atoms with van der Waals surface area (Å²) in [4.78, 5) is 7.31. The first-order valence-corrected chi connectivity index (χ1v) is 6.62. The first-order chi connectivity index (χ1) is 9.28. The summed E-state index contributed by atoms with van der Waals surface area (Å²) >= 11 is 0. The summed E-state index contributed by atoms with van der Waals surface area (Å²) in [7, 11) is 1.69. The molecular formula is C15H21N3O. The van der Waals surface area contributed by atoms with Gasteiger partial charge in [-0.15, -0.1) is 0 Å². The van der Waals surface area contributed by atoms with Crippen molar-refractivity contribution in [3.8, 4) is 5.75 Å². The lowest BCUT2D eigenvalue weighted by Gasteiger charge is -2.13. The number of nitrogens with zero attached hydrogens (tertiary/aromatic N) is 1. The van der Waals surface area contributed by atoms with Crippen molar-refractivity contribution < 1.29 is 4.74 Å². The molecule has 0 bridgehead atoms. The van der Waals surface area contributed by atoms with Gasteiger partial charge in [0.15, 0.2) is 0 Å². The molecule has 1 heterocycles. The van der Waals surface area contributed by atoms with Gasteiger partial charge in [-0.05, 0) is 31.0 Å². The van der Waals surface area contributed by atoms with E-state index >= 15 is 0 Å². The minimum absolute atomic E-state index is 0.448. The van der Waals surface area contributed by atoms with Crippen LogP contribution in [-0.4, -0.2) is 29.7 Å². The number of benzene rings is 1. The molecule has 0 fully saturated rings. The molecule has 0 saturated heterocycles. The molecule has 0 aliphatic rings. The number of nitrogens with one attached hydrogen (secondary N) is 2. The highest BCUT2D eigenvalue weighted by Gasteiger charge is 2.03. The molecule has 0 saturated carbocycles. The van der Waals surface area contributed by atoms with Crippen LogP contribution in [0.3, 0.4) is 0 Å². The third-order valence-electron chi connectivity index (χ3n) is 3.11. The molecule has 0 radical (unpaired) electrons. The third kappa shape index (κ3) is 4.41. The van der Waals surface area contributed by atoms with Gasteiger partial charge >= 0.3 is 0 Å². The van der Waals surface area contributed by atoms with Crippen LogP contribution in [0.4, 0.5) is 0 Å². The van der Waals surface area contributed by atoms with E-state index in [1.54, 1.807) is 13.3 Å². The van der Waals surface area contributed by atoms with Crippen LogP contribution in [0, 0.1) is 0 Å². The molecule has 1 unspecified atom stereocenters. The van der Waals surface area contributed by atoms with Crippen LogP contribution in [0.2, 0.25) is 0 Å². The highest BCUT2D eigenvalue weighted by atomic mass is 16.5. The van der Waals surface area contributed by atoms with Crippen molar-refractivity contribution in [1.82, 2.24) is 15.3 Å². The first kappa shape index (κ1) is 13.6. The van der Waals surface area contributed by atoms with Gasteiger partial charge in [-0.3, -0.25) is 0 Å². The molecule has 0 spiro atoms. The molecule has 0 amide bonds. The molecule has 1 atom stereocenters. The van der Waals surface area contributed by atoms with E-state index in [-0.39, 0.29) is 0 Å². The Hall–Kier alpha value is -1.81. The predicted octanol–water partition coefficient (Wildman–Crippen LogP) is 2.18. The average molecular weight is 259 g/mol. The zero-order chi connectivity index (χ0) is 13.5. The van der Waals surface area contributed by atoms with Crippen molar-refractivity contribution >= 4 is 0 Å². The van der Waals surface area contributed by atoms with Crippen LogP contribution < -0.4 is 10.1 Å². The number of hydrogen-bond acceptors (Lipinski definition) is 3. The Kier molecular flexibility index (Phi) is 4.98. The first-order valence-electron chi connectivity index (χ1n) is 6.62. The molecule has 1 aromatic heterocycles. The van der Waals surface area contributed by atoms with Gasteiger partial charge in [0.2, 0.25) is 0 Å². The topological polar surface area (TPSA) is 49.9 Å². The molecule has 0 aliphatic carbocycles. The van der Waals surface area contributed by atoms with Crippen LogP contribution in [0.25, 0.3) is 0 Å². The smallest absolute Gasteiger partial charge is 0.118 e. The van der Waals surface area contributed by atoms with E-state index in [0.29, 0.717) is 6.04 Å². The van der Waals surface area contributed by atoms with E-state index in [9.17, 15) is 0 Å². The second kappa shape index (κ2) is 6.95. The fourth-order valence-electron chi connectivity index (χ4n) is 2.06. The van der Waals surface area contributed by atoms with Crippen LogP contribution in [0.15, 0.2) is 36.7 Å². The lowest BCUT2D eigenvalue weighted by atomic mass is 10.1. The van der Waals surface area contributed by atoms with Gasteiger partial charge < -0.3 is 15.0 Å². The number of aromatic nitrogens is 2. The van der Waals surface area contributed by atoms with Gasteiger partial charge in [0.1, 0.15) is 11.6 Å². The Morgan fingerprint density at radius 1 is 1.32 bits per heavy atom. The van der Waals surface area contributed by atoms with Gasteiger partial charge in [0.05, 0.1) is 7.11 Å². The maximum atomic E-state index is 5.15. The van der Waals surface area contributed by atoms with Crippen molar-refractivity contribution in [2.75, 3.05) is 13.7 Å². The SMILES string of the molecule is COc1ccc(CC(C)NCCc2ncc[nH]2)cc1. The zero-order valence-electron chi connectivity index (χ0n) is 11.5. The quantitative estimate of drug-likeness (QED) is 0.801. The molecule has 4 nitrogen and oxygen atoms in total. The summed E-state index contributed by atoms with van der Waals surface area (Å²) in [5, 5.41) is 3.51. The number of ether oxygens (including phenoxy) is 1. The summed E-state index contributed by atoms with van der Waals surface area (Å²) in [5.41, 5.74) is 1.32. The highest BCUT2D eigenvalue weighted by molar-refractivity contribution is 5.27. The summed E-state index contributed by atoms with van der Waals surface area (Å²) in [6, 6.07) is 8.69. The molecule has 2 aromatic rings. The number of rotatable bonds is 7. The lowest BCUT2D eigenvalue weighted by molar-refractivity contribution is 0.414. The Labute approximate surface area is 114 Å². The number of aromatic amines is 1. The summed E-state index contributed by atoms with van der Waals surface area (Å²) in [5.74, 6) is 1.94. The summed E-state index contributed by atoms with van der Waals surface area (Å²) < 4.78 is 5.15. The maximum Gasteiger partial charge on any atom is 0.118 e. The lowest BCUT2D eigenvalue weighted by Crippen LogP contribution is -2.30. The number of hydrogen-bond donors (Lipinski definition) is 2. The van der Waals surface area contributed by atoms with Crippen molar-refractivity contribution in [2.24, 2.45) is 0 Å². The fraction of sp³-hybridized carbons (Fsp3) is 0.400. The van der Waals surface area contributed by atoms with E-state index < -0.39 is 0 Å². The number of imidazole rings is 1. The Bertz CT molecular complexity index is 465. The predicted molar refractivity (Wildman–Crippen MR) is 76.5 cm³/mol. The summed E-state index contributed by atoms with van der Waals surface area (Å²) in [6.45, 7) is 3.14. The minimum atomic E-state index is 0.448. The number of H-pyrrole nitrogens is 1. The molecule has 19 heavy (non-hydrogen) atoms. The van der Waals surface area contributed by atoms with Gasteiger partial charge in [0, 0.05) is 31.4 Å². The Morgan fingerprint density at radius 2 is 2.11 bits per heavy atom. The third-order valence-corrected chi connectivity index (χ3v) is 3.11. The van der Waals surface area contributed by atoms with E-state index in [4.69, 9.17) is 4.74 Å². The Balaban J connectivity index is 1.72. The molecule has 2 rings (SSSR count). The van der Waals surface area contributed by atoms with Crippen molar-refractivity contribution in [3.63, 3.8) is 0 Å². The monoisotopic (exact) mass is 259 g/mol. The van der Waals surface area contributed by atoms with E-state index in [2.05, 4.69) is 34.3 Å². The molecule has 102 valence electrons. The standard InChI is InChI=1S/C15H21N3O/c1-12(16-8-7-15-17-9-10-18-15)11-13-3-5-14(19-2)6-4-13/h3-6,9-10,12,16H,7-8,11H2,1-2H3,(H,17,18). The normalized spacial score (nSPS) is 12.3. The maximum absolute atomic E-state index is 5.15. The molecule has 1 aromatic carbocycles. The molecule has 2 N–H and O–H groups in total. The van der Waals surface area contributed by atoms with Gasteiger partial charge in [-0.25, -0.2) is 4.98 Å². The second-order valence-electron chi connectivity index (χ2n) is 4.69. The van der Waals surface area contributed by atoms with Crippen LogP contribution in [0.5, 0.6) is 5.75 Å². The van der Waals surface area contributed by atoms with Crippen molar-refractivity contribution in [1.29, 1.82) is 0 Å². The van der Waals surface area contributed by atoms with E-state index in [1.807, 2.05) is 18.3 Å². The van der Waals surface area contributed by atoms with Crippen LogP contribution >= 0.6 is 0 Å². The molecule has 0 aliphatic heterocycles. The van der Waals surface area contributed by atoms with Crippen molar-refractivity contribution in [2.45, 2.75) is 25.8 Å². The molecule has 4 heteroatoms.